The zero-order valence-corrected chi connectivity index (χ0v) is 13.0. The lowest BCUT2D eigenvalue weighted by molar-refractivity contribution is -0.158. The summed E-state index contributed by atoms with van der Waals surface area (Å²) in [5.41, 5.74) is -0.177. The third-order valence-electron chi connectivity index (χ3n) is 2.84. The van der Waals surface area contributed by atoms with Crippen molar-refractivity contribution in [2.45, 2.75) is 46.3 Å². The molecule has 0 saturated carbocycles. The van der Waals surface area contributed by atoms with Crippen LogP contribution < -0.4 is 10.5 Å². The maximum absolute atomic E-state index is 12.0. The van der Waals surface area contributed by atoms with Crippen molar-refractivity contribution in [3.05, 3.63) is 22.6 Å². The van der Waals surface area contributed by atoms with Gasteiger partial charge in [-0.25, -0.2) is 9.48 Å². The monoisotopic (exact) mass is 281 g/mol. The van der Waals surface area contributed by atoms with Gasteiger partial charge in [0.1, 0.15) is 5.60 Å². The number of esters is 1. The molecule has 1 rings (SSSR count). The van der Waals surface area contributed by atoms with Gasteiger partial charge in [0.15, 0.2) is 6.04 Å². The second-order valence-electron chi connectivity index (χ2n) is 5.72. The van der Waals surface area contributed by atoms with Crippen LogP contribution in [0.15, 0.2) is 17.1 Å². The van der Waals surface area contributed by atoms with E-state index in [0.717, 1.165) is 16.9 Å². The van der Waals surface area contributed by atoms with Gasteiger partial charge >= 0.3 is 5.97 Å². The lowest BCUT2D eigenvalue weighted by Gasteiger charge is -2.23. The van der Waals surface area contributed by atoms with E-state index < -0.39 is 17.6 Å². The van der Waals surface area contributed by atoms with E-state index in [0.29, 0.717) is 0 Å². The van der Waals surface area contributed by atoms with E-state index in [2.05, 4.69) is 5.10 Å². The molecule has 20 heavy (non-hydrogen) atoms. The Morgan fingerprint density at radius 2 is 2.10 bits per heavy atom. The lowest BCUT2D eigenvalue weighted by Crippen LogP contribution is -2.35. The average Bonchev–Trinajstić information content (AvgIpc) is 2.34. The number of carbonyl (C=O) groups excluding carboxylic acids is 1. The number of nitrogens with zero attached hydrogens (tertiary/aromatic N) is 3. The van der Waals surface area contributed by atoms with Crippen LogP contribution in [-0.4, -0.2) is 34.9 Å². The number of hydrogen-bond acceptors (Lipinski definition) is 5. The number of carbonyl (C=O) groups is 1. The van der Waals surface area contributed by atoms with E-state index in [1.54, 1.807) is 33.9 Å². The molecule has 1 unspecified atom stereocenters. The molecule has 112 valence electrons. The van der Waals surface area contributed by atoms with Gasteiger partial charge in [0.2, 0.25) is 0 Å². The molecule has 1 heterocycles. The highest BCUT2D eigenvalue weighted by atomic mass is 16.6. The summed E-state index contributed by atoms with van der Waals surface area (Å²) in [5.74, 6) is -0.469. The Morgan fingerprint density at radius 1 is 1.50 bits per heavy atom. The molecule has 1 aromatic heterocycles. The molecule has 6 nitrogen and oxygen atoms in total. The van der Waals surface area contributed by atoms with Crippen LogP contribution in [0.3, 0.4) is 0 Å². The lowest BCUT2D eigenvalue weighted by atomic mass is 10.2. The van der Waals surface area contributed by atoms with Crippen molar-refractivity contribution in [2.24, 2.45) is 0 Å². The van der Waals surface area contributed by atoms with Gasteiger partial charge in [0.05, 0.1) is 11.9 Å². The normalized spacial score (nSPS) is 12.9. The van der Waals surface area contributed by atoms with E-state index in [1.165, 1.54) is 6.07 Å². The smallest absolute Gasteiger partial charge is 0.331 e. The van der Waals surface area contributed by atoms with Gasteiger partial charge in [0.25, 0.3) is 5.56 Å². The van der Waals surface area contributed by atoms with Crippen molar-refractivity contribution in [1.29, 1.82) is 0 Å². The summed E-state index contributed by atoms with van der Waals surface area (Å²) < 4.78 is 6.40. The third kappa shape index (κ3) is 4.08. The molecular formula is C14H23N3O3. The standard InChI is InChI=1S/C14H23N3O3/c1-7-16(6)11-8-12(18)17(15-9-11)10(2)13(19)20-14(3,4)5/h8-10H,7H2,1-6H3. The summed E-state index contributed by atoms with van der Waals surface area (Å²) in [7, 11) is 1.87. The Kier molecular flexibility index (Phi) is 4.92. The molecule has 0 amide bonds. The second kappa shape index (κ2) is 6.07. The number of aromatic nitrogens is 2. The minimum atomic E-state index is -0.747. The second-order valence-corrected chi connectivity index (χ2v) is 5.72. The molecule has 0 fully saturated rings. The van der Waals surface area contributed by atoms with Gasteiger partial charge in [-0.05, 0) is 34.6 Å². The van der Waals surface area contributed by atoms with Crippen LogP contribution >= 0.6 is 0 Å². The van der Waals surface area contributed by atoms with Crippen molar-refractivity contribution in [3.63, 3.8) is 0 Å². The van der Waals surface area contributed by atoms with Crippen LogP contribution in [0.4, 0.5) is 5.69 Å². The minimum Gasteiger partial charge on any atom is -0.458 e. The molecule has 0 aliphatic rings. The molecule has 1 atom stereocenters. The maximum Gasteiger partial charge on any atom is 0.331 e. The largest absolute Gasteiger partial charge is 0.458 e. The Balaban J connectivity index is 2.98. The Bertz CT molecular complexity index is 531. The summed E-state index contributed by atoms with van der Waals surface area (Å²) in [6.07, 6.45) is 1.58. The molecule has 0 spiro atoms. The SMILES string of the molecule is CCN(C)c1cnn(C(C)C(=O)OC(C)(C)C)c(=O)c1. The van der Waals surface area contributed by atoms with Crippen LogP contribution in [0.2, 0.25) is 0 Å². The molecule has 0 saturated heterocycles. The molecule has 0 aliphatic carbocycles. The summed E-state index contributed by atoms with van der Waals surface area (Å²) >= 11 is 0. The van der Waals surface area contributed by atoms with Crippen LogP contribution in [0.5, 0.6) is 0 Å². The first-order valence-electron chi connectivity index (χ1n) is 6.68. The fourth-order valence-corrected chi connectivity index (χ4v) is 1.58. The van der Waals surface area contributed by atoms with Crippen molar-refractivity contribution in [2.75, 3.05) is 18.5 Å². The fraction of sp³-hybridized carbons (Fsp3) is 0.643. The van der Waals surface area contributed by atoms with Gasteiger partial charge in [0, 0.05) is 19.7 Å². The zero-order chi connectivity index (χ0) is 15.5. The summed E-state index contributed by atoms with van der Waals surface area (Å²) in [5, 5.41) is 4.06. The van der Waals surface area contributed by atoms with Crippen molar-refractivity contribution >= 4 is 11.7 Å². The maximum atomic E-state index is 12.0. The van der Waals surface area contributed by atoms with Crippen molar-refractivity contribution in [3.8, 4) is 0 Å². The Morgan fingerprint density at radius 3 is 2.55 bits per heavy atom. The molecule has 0 aromatic carbocycles. The molecular weight excluding hydrogens is 258 g/mol. The van der Waals surface area contributed by atoms with Crippen LogP contribution in [0.1, 0.15) is 40.7 Å². The number of ether oxygens (including phenoxy) is 1. The van der Waals surface area contributed by atoms with Gasteiger partial charge in [-0.3, -0.25) is 4.79 Å². The Labute approximate surface area is 119 Å². The fourth-order valence-electron chi connectivity index (χ4n) is 1.58. The quantitative estimate of drug-likeness (QED) is 0.784. The topological polar surface area (TPSA) is 64.4 Å². The van der Waals surface area contributed by atoms with Gasteiger partial charge in [-0.1, -0.05) is 0 Å². The molecule has 0 aliphatic heterocycles. The molecule has 6 heteroatoms. The number of rotatable bonds is 4. The highest BCUT2D eigenvalue weighted by Gasteiger charge is 2.24. The number of hydrogen-bond donors (Lipinski definition) is 0. The Hall–Kier alpha value is -1.85. The van der Waals surface area contributed by atoms with Crippen LogP contribution in [0, 0.1) is 0 Å². The van der Waals surface area contributed by atoms with E-state index in [-0.39, 0.29) is 5.56 Å². The van der Waals surface area contributed by atoms with E-state index >= 15 is 0 Å². The first kappa shape index (κ1) is 16.2. The summed E-state index contributed by atoms with van der Waals surface area (Å²) in [4.78, 5) is 25.9. The van der Waals surface area contributed by atoms with E-state index in [9.17, 15) is 9.59 Å². The van der Waals surface area contributed by atoms with Crippen molar-refractivity contribution < 1.29 is 9.53 Å². The predicted molar refractivity (Wildman–Crippen MR) is 78.0 cm³/mol. The van der Waals surface area contributed by atoms with Gasteiger partial charge in [-0.15, -0.1) is 0 Å². The molecule has 0 radical (unpaired) electrons. The van der Waals surface area contributed by atoms with Crippen LogP contribution in [0.25, 0.3) is 0 Å². The minimum absolute atomic E-state index is 0.318. The summed E-state index contributed by atoms with van der Waals surface area (Å²) in [6.45, 7) is 9.71. The highest BCUT2D eigenvalue weighted by Crippen LogP contribution is 2.14. The van der Waals surface area contributed by atoms with Crippen LogP contribution in [-0.2, 0) is 9.53 Å². The number of anilines is 1. The van der Waals surface area contributed by atoms with Crippen molar-refractivity contribution in [1.82, 2.24) is 9.78 Å². The first-order chi connectivity index (χ1) is 9.15. The molecule has 0 bridgehead atoms. The zero-order valence-electron chi connectivity index (χ0n) is 13.0. The molecule has 1 aromatic rings. The summed E-state index contributed by atoms with van der Waals surface area (Å²) in [6, 6.07) is 0.722. The van der Waals surface area contributed by atoms with E-state index in [4.69, 9.17) is 4.74 Å². The third-order valence-corrected chi connectivity index (χ3v) is 2.84. The van der Waals surface area contributed by atoms with Gasteiger partial charge in [-0.2, -0.15) is 5.10 Å². The first-order valence-corrected chi connectivity index (χ1v) is 6.68. The molecule has 0 N–H and O–H groups in total. The highest BCUT2D eigenvalue weighted by molar-refractivity contribution is 5.74. The predicted octanol–water partition coefficient (Wildman–Crippen LogP) is 1.60. The van der Waals surface area contributed by atoms with E-state index in [1.807, 2.05) is 18.9 Å². The van der Waals surface area contributed by atoms with Gasteiger partial charge < -0.3 is 9.64 Å². The average molecular weight is 281 g/mol.